The molecule has 0 heterocycles. The Labute approximate surface area is 189 Å². The number of hydrogen-bond donors (Lipinski definition) is 1. The fourth-order valence-corrected chi connectivity index (χ4v) is 4.00. The summed E-state index contributed by atoms with van der Waals surface area (Å²) in [5.41, 5.74) is 4.12. The van der Waals surface area contributed by atoms with Crippen LogP contribution < -0.4 is 10.1 Å². The van der Waals surface area contributed by atoms with Gasteiger partial charge < -0.3 is 10.1 Å². The number of methoxy groups -OCH3 is 1. The van der Waals surface area contributed by atoms with Crippen molar-refractivity contribution in [1.82, 2.24) is 5.32 Å². The Morgan fingerprint density at radius 3 is 1.81 bits per heavy atom. The summed E-state index contributed by atoms with van der Waals surface area (Å²) in [7, 11) is 1.66. The van der Waals surface area contributed by atoms with Crippen LogP contribution in [0, 0.1) is 0 Å². The van der Waals surface area contributed by atoms with E-state index in [4.69, 9.17) is 4.74 Å². The molecule has 4 rings (SSSR count). The molecule has 1 amide bonds. The molecule has 1 unspecified atom stereocenters. The maximum Gasteiger partial charge on any atom is 0.232 e. The molecule has 0 aromatic heterocycles. The molecule has 0 bridgehead atoms. The van der Waals surface area contributed by atoms with Crippen LogP contribution in [0.1, 0.15) is 34.2 Å². The molecule has 3 heteroatoms. The van der Waals surface area contributed by atoms with E-state index < -0.39 is 0 Å². The molecule has 0 radical (unpaired) electrons. The van der Waals surface area contributed by atoms with Crippen molar-refractivity contribution in [3.05, 3.63) is 138 Å². The van der Waals surface area contributed by atoms with Crippen LogP contribution in [-0.4, -0.2) is 13.0 Å². The van der Waals surface area contributed by atoms with Gasteiger partial charge in [-0.3, -0.25) is 4.79 Å². The summed E-state index contributed by atoms with van der Waals surface area (Å²) in [6.45, 7) is 0. The molecule has 1 N–H and O–H groups in total. The molecule has 4 aromatic carbocycles. The van der Waals surface area contributed by atoms with Gasteiger partial charge in [-0.05, 0) is 40.8 Å². The van der Waals surface area contributed by atoms with Gasteiger partial charge in [0.15, 0.2) is 0 Å². The van der Waals surface area contributed by atoms with Gasteiger partial charge in [0, 0.05) is 0 Å². The Morgan fingerprint density at radius 2 is 1.25 bits per heavy atom. The van der Waals surface area contributed by atoms with Crippen LogP contribution in [-0.2, 0) is 11.2 Å². The van der Waals surface area contributed by atoms with E-state index in [1.807, 2.05) is 103 Å². The molecule has 32 heavy (non-hydrogen) atoms. The number of hydrogen-bond acceptors (Lipinski definition) is 2. The standard InChI is InChI=1S/C29H27NO2/c1-32-26-19-11-18-25(21-26)27(20-22-12-5-2-6-13-22)30-29(31)28(23-14-7-3-8-15-23)24-16-9-4-10-17-24/h2-19,21,27-28H,20H2,1H3,(H,30,31). The fraction of sp³-hybridized carbons (Fsp3) is 0.138. The van der Waals surface area contributed by atoms with E-state index in [9.17, 15) is 4.79 Å². The molecular formula is C29H27NO2. The van der Waals surface area contributed by atoms with Gasteiger partial charge in [-0.1, -0.05) is 103 Å². The lowest BCUT2D eigenvalue weighted by molar-refractivity contribution is -0.122. The summed E-state index contributed by atoms with van der Waals surface area (Å²) in [5.74, 6) is 0.366. The molecule has 4 aromatic rings. The zero-order chi connectivity index (χ0) is 22.2. The largest absolute Gasteiger partial charge is 0.497 e. The highest BCUT2D eigenvalue weighted by Crippen LogP contribution is 2.28. The minimum absolute atomic E-state index is 0.0221. The lowest BCUT2D eigenvalue weighted by Crippen LogP contribution is -2.34. The van der Waals surface area contributed by atoms with Crippen LogP contribution in [0.15, 0.2) is 115 Å². The van der Waals surface area contributed by atoms with Gasteiger partial charge >= 0.3 is 0 Å². The third-order valence-electron chi connectivity index (χ3n) is 5.62. The second-order valence-electron chi connectivity index (χ2n) is 7.78. The van der Waals surface area contributed by atoms with Crippen LogP contribution in [0.3, 0.4) is 0 Å². The van der Waals surface area contributed by atoms with Gasteiger partial charge in [0.25, 0.3) is 0 Å². The topological polar surface area (TPSA) is 38.3 Å². The number of carbonyl (C=O) groups is 1. The van der Waals surface area contributed by atoms with Crippen molar-refractivity contribution in [2.45, 2.75) is 18.4 Å². The predicted octanol–water partition coefficient (Wildman–Crippen LogP) is 5.93. The minimum Gasteiger partial charge on any atom is -0.497 e. The Hall–Kier alpha value is -3.85. The van der Waals surface area contributed by atoms with Gasteiger partial charge in [-0.25, -0.2) is 0 Å². The van der Waals surface area contributed by atoms with Crippen molar-refractivity contribution in [3.8, 4) is 5.75 Å². The van der Waals surface area contributed by atoms with Crippen molar-refractivity contribution in [2.24, 2.45) is 0 Å². The zero-order valence-corrected chi connectivity index (χ0v) is 18.1. The van der Waals surface area contributed by atoms with Crippen LogP contribution in [0.25, 0.3) is 0 Å². The minimum atomic E-state index is -0.388. The van der Waals surface area contributed by atoms with Crippen LogP contribution in [0.2, 0.25) is 0 Å². The summed E-state index contributed by atoms with van der Waals surface area (Å²) in [5, 5.41) is 3.34. The third kappa shape index (κ3) is 5.25. The van der Waals surface area contributed by atoms with Crippen LogP contribution in [0.4, 0.5) is 0 Å². The Balaban J connectivity index is 1.68. The highest BCUT2D eigenvalue weighted by molar-refractivity contribution is 5.87. The SMILES string of the molecule is COc1cccc(C(Cc2ccccc2)NC(=O)C(c2ccccc2)c2ccccc2)c1. The first kappa shape index (κ1) is 21.4. The number of rotatable bonds is 8. The summed E-state index contributed by atoms with van der Waals surface area (Å²) >= 11 is 0. The van der Waals surface area contributed by atoms with E-state index in [0.717, 1.165) is 28.0 Å². The first-order valence-corrected chi connectivity index (χ1v) is 10.8. The molecule has 0 aliphatic rings. The summed E-state index contributed by atoms with van der Waals surface area (Å²) in [4.78, 5) is 13.7. The predicted molar refractivity (Wildman–Crippen MR) is 129 cm³/mol. The van der Waals surface area contributed by atoms with Gasteiger partial charge in [0.1, 0.15) is 5.75 Å². The highest BCUT2D eigenvalue weighted by Gasteiger charge is 2.25. The van der Waals surface area contributed by atoms with E-state index in [0.29, 0.717) is 6.42 Å². The molecule has 160 valence electrons. The molecule has 0 saturated carbocycles. The second kappa shape index (κ2) is 10.5. The van der Waals surface area contributed by atoms with Crippen molar-refractivity contribution in [2.75, 3.05) is 7.11 Å². The van der Waals surface area contributed by atoms with Gasteiger partial charge in [-0.15, -0.1) is 0 Å². The van der Waals surface area contributed by atoms with Crippen molar-refractivity contribution in [3.63, 3.8) is 0 Å². The molecule has 0 aliphatic heterocycles. The van der Waals surface area contributed by atoms with Gasteiger partial charge in [0.05, 0.1) is 19.1 Å². The number of ether oxygens (including phenoxy) is 1. The number of nitrogens with one attached hydrogen (secondary N) is 1. The van der Waals surface area contributed by atoms with Crippen molar-refractivity contribution < 1.29 is 9.53 Å². The lowest BCUT2D eigenvalue weighted by Gasteiger charge is -2.24. The van der Waals surface area contributed by atoms with Gasteiger partial charge in [-0.2, -0.15) is 0 Å². The number of amides is 1. The third-order valence-corrected chi connectivity index (χ3v) is 5.62. The molecule has 0 aliphatic carbocycles. The van der Waals surface area contributed by atoms with Crippen LogP contribution in [0.5, 0.6) is 5.75 Å². The molecule has 3 nitrogen and oxygen atoms in total. The first-order valence-electron chi connectivity index (χ1n) is 10.8. The van der Waals surface area contributed by atoms with E-state index in [2.05, 4.69) is 17.4 Å². The van der Waals surface area contributed by atoms with Crippen LogP contribution >= 0.6 is 0 Å². The number of benzene rings is 4. The second-order valence-corrected chi connectivity index (χ2v) is 7.78. The smallest absolute Gasteiger partial charge is 0.232 e. The first-order chi connectivity index (χ1) is 15.7. The molecular weight excluding hydrogens is 394 g/mol. The average Bonchev–Trinajstić information content (AvgIpc) is 2.86. The van der Waals surface area contributed by atoms with E-state index in [-0.39, 0.29) is 17.9 Å². The maximum atomic E-state index is 13.7. The van der Waals surface area contributed by atoms with Crippen molar-refractivity contribution in [1.29, 1.82) is 0 Å². The summed E-state index contributed by atoms with van der Waals surface area (Å²) < 4.78 is 5.43. The molecule has 1 atom stereocenters. The van der Waals surface area contributed by atoms with E-state index >= 15 is 0 Å². The average molecular weight is 422 g/mol. The van der Waals surface area contributed by atoms with Crippen molar-refractivity contribution >= 4 is 5.91 Å². The highest BCUT2D eigenvalue weighted by atomic mass is 16.5. The summed E-state index contributed by atoms with van der Waals surface area (Å²) in [6.07, 6.45) is 0.691. The maximum absolute atomic E-state index is 13.7. The molecule has 0 saturated heterocycles. The monoisotopic (exact) mass is 421 g/mol. The Morgan fingerprint density at radius 1 is 0.719 bits per heavy atom. The normalized spacial score (nSPS) is 11.7. The number of carbonyl (C=O) groups excluding carboxylic acids is 1. The summed E-state index contributed by atoms with van der Waals surface area (Å²) in [6, 6.07) is 37.8. The quantitative estimate of drug-likeness (QED) is 0.383. The van der Waals surface area contributed by atoms with Gasteiger partial charge in [0.2, 0.25) is 5.91 Å². The Kier molecular flexibility index (Phi) is 6.98. The van der Waals surface area contributed by atoms with E-state index in [1.165, 1.54) is 0 Å². The van der Waals surface area contributed by atoms with E-state index in [1.54, 1.807) is 7.11 Å². The molecule has 0 spiro atoms. The zero-order valence-electron chi connectivity index (χ0n) is 18.1. The Bertz CT molecular complexity index is 1090. The molecule has 0 fully saturated rings. The lowest BCUT2D eigenvalue weighted by atomic mass is 9.89. The fourth-order valence-electron chi connectivity index (χ4n) is 4.00.